The van der Waals surface area contributed by atoms with Gasteiger partial charge in [-0.2, -0.15) is 13.2 Å². The first-order chi connectivity index (χ1) is 7.82. The zero-order valence-electron chi connectivity index (χ0n) is 8.73. The summed E-state index contributed by atoms with van der Waals surface area (Å²) in [5.41, 5.74) is 2.29. The zero-order valence-corrected chi connectivity index (χ0v) is 8.73. The van der Waals surface area contributed by atoms with Crippen LogP contribution in [0.4, 0.5) is 13.2 Å². The van der Waals surface area contributed by atoms with Crippen LogP contribution in [0.1, 0.15) is 6.42 Å². The Balaban J connectivity index is 0.000000185. The smallest absolute Gasteiger partial charge is 0.475 e. The van der Waals surface area contributed by atoms with Gasteiger partial charge in [-0.1, -0.05) is 0 Å². The van der Waals surface area contributed by atoms with Gasteiger partial charge in [0.15, 0.2) is 0 Å². The Labute approximate surface area is 94.7 Å². The highest BCUT2D eigenvalue weighted by Crippen LogP contribution is 2.16. The largest absolute Gasteiger partial charge is 0.490 e. The number of nitrogens with one attached hydrogen (secondary N) is 2. The fraction of sp³-hybridized carbons (Fsp3) is 0.556. The topological polar surface area (TPSA) is 78.4 Å². The molecule has 2 heterocycles. The number of carboxylic acid groups (broad SMARTS) is 1. The molecule has 2 rings (SSSR count). The average molecular weight is 252 g/mol. The van der Waals surface area contributed by atoms with Crippen molar-refractivity contribution in [2.45, 2.75) is 12.6 Å². The first-order valence-corrected chi connectivity index (χ1v) is 4.82. The van der Waals surface area contributed by atoms with Crippen LogP contribution >= 0.6 is 0 Å². The number of amides is 1. The maximum Gasteiger partial charge on any atom is 0.490 e. The van der Waals surface area contributed by atoms with Crippen LogP contribution in [0.3, 0.4) is 0 Å². The van der Waals surface area contributed by atoms with Gasteiger partial charge in [0.1, 0.15) is 0 Å². The van der Waals surface area contributed by atoms with Crippen molar-refractivity contribution in [2.75, 3.05) is 19.6 Å². The molecule has 0 bridgehead atoms. The van der Waals surface area contributed by atoms with E-state index < -0.39 is 12.1 Å². The van der Waals surface area contributed by atoms with Gasteiger partial charge in [0.2, 0.25) is 5.91 Å². The van der Waals surface area contributed by atoms with Crippen molar-refractivity contribution in [2.24, 2.45) is 0 Å². The van der Waals surface area contributed by atoms with Crippen molar-refractivity contribution < 1.29 is 27.9 Å². The maximum absolute atomic E-state index is 11.0. The molecule has 0 saturated heterocycles. The third kappa shape index (κ3) is 3.74. The summed E-state index contributed by atoms with van der Waals surface area (Å²) in [6, 6.07) is 0. The van der Waals surface area contributed by atoms with Crippen LogP contribution in [0.15, 0.2) is 11.1 Å². The molecule has 8 heteroatoms. The first-order valence-electron chi connectivity index (χ1n) is 4.82. The Morgan fingerprint density at radius 2 is 1.88 bits per heavy atom. The molecule has 0 aliphatic carbocycles. The molecule has 0 radical (unpaired) electrons. The number of halogens is 3. The van der Waals surface area contributed by atoms with E-state index in [1.807, 2.05) is 0 Å². The maximum atomic E-state index is 11.0. The van der Waals surface area contributed by atoms with Crippen LogP contribution in [0.2, 0.25) is 0 Å². The fourth-order valence-electron chi connectivity index (χ4n) is 1.47. The van der Waals surface area contributed by atoms with E-state index in [1.54, 1.807) is 0 Å². The van der Waals surface area contributed by atoms with Gasteiger partial charge in [0.25, 0.3) is 0 Å². The second-order valence-corrected chi connectivity index (χ2v) is 3.49. The van der Waals surface area contributed by atoms with Gasteiger partial charge in [-0.25, -0.2) is 4.79 Å². The van der Waals surface area contributed by atoms with Gasteiger partial charge < -0.3 is 15.7 Å². The van der Waals surface area contributed by atoms with Crippen molar-refractivity contribution in [1.29, 1.82) is 0 Å². The summed E-state index contributed by atoms with van der Waals surface area (Å²) in [6.07, 6.45) is -4.18. The molecule has 0 spiro atoms. The number of carbonyl (C=O) groups is 2. The molecule has 0 fully saturated rings. The van der Waals surface area contributed by atoms with Crippen LogP contribution in [0.5, 0.6) is 0 Å². The van der Waals surface area contributed by atoms with Crippen molar-refractivity contribution >= 4 is 11.9 Å². The number of carbonyl (C=O) groups excluding carboxylic acids is 1. The predicted molar refractivity (Wildman–Crippen MR) is 51.2 cm³/mol. The van der Waals surface area contributed by atoms with Gasteiger partial charge in [0.05, 0.1) is 0 Å². The molecule has 0 aromatic carbocycles. The minimum absolute atomic E-state index is 0.150. The Bertz CT molecular complexity index is 363. The molecule has 0 saturated carbocycles. The lowest BCUT2D eigenvalue weighted by molar-refractivity contribution is -0.192. The lowest BCUT2D eigenvalue weighted by Crippen LogP contribution is -2.25. The van der Waals surface area contributed by atoms with Crippen LogP contribution in [0, 0.1) is 0 Å². The highest BCUT2D eigenvalue weighted by atomic mass is 19.4. The third-order valence-corrected chi connectivity index (χ3v) is 2.30. The van der Waals surface area contributed by atoms with Gasteiger partial charge in [0, 0.05) is 18.7 Å². The Hall–Kier alpha value is -1.57. The molecule has 2 aliphatic rings. The lowest BCUT2D eigenvalue weighted by Gasteiger charge is -2.12. The standard InChI is InChI=1S/C7H10N2O.C2HF3O2/c10-7-6-1-2-8-3-5(6)4-9-7;3-2(4,5)1(6)7/h8H,1-4H2,(H,9,10);(H,6,7). The van der Waals surface area contributed by atoms with E-state index >= 15 is 0 Å². The first kappa shape index (κ1) is 13.5. The number of aliphatic carboxylic acids is 1. The van der Waals surface area contributed by atoms with E-state index in [1.165, 1.54) is 5.57 Å². The molecule has 17 heavy (non-hydrogen) atoms. The molecule has 96 valence electrons. The molecule has 0 unspecified atom stereocenters. The van der Waals surface area contributed by atoms with Gasteiger partial charge in [-0.15, -0.1) is 0 Å². The Morgan fingerprint density at radius 1 is 1.29 bits per heavy atom. The van der Waals surface area contributed by atoms with Gasteiger partial charge >= 0.3 is 12.1 Å². The van der Waals surface area contributed by atoms with Gasteiger partial charge in [-0.05, 0) is 18.5 Å². The molecule has 1 amide bonds. The summed E-state index contributed by atoms with van der Waals surface area (Å²) in [5.74, 6) is -2.61. The van der Waals surface area contributed by atoms with Crippen molar-refractivity contribution in [3.05, 3.63) is 11.1 Å². The number of alkyl halides is 3. The van der Waals surface area contributed by atoms with E-state index in [0.717, 1.165) is 31.6 Å². The summed E-state index contributed by atoms with van der Waals surface area (Å²) in [4.78, 5) is 19.9. The summed E-state index contributed by atoms with van der Waals surface area (Å²) in [5, 5.41) is 13.2. The molecule has 0 aromatic rings. The van der Waals surface area contributed by atoms with Crippen molar-refractivity contribution in [3.63, 3.8) is 0 Å². The van der Waals surface area contributed by atoms with Gasteiger partial charge in [-0.3, -0.25) is 4.79 Å². The molecule has 0 aromatic heterocycles. The predicted octanol–water partition coefficient (Wildman–Crippen LogP) is 0.0394. The fourth-order valence-corrected chi connectivity index (χ4v) is 1.47. The lowest BCUT2D eigenvalue weighted by atomic mass is 10.0. The summed E-state index contributed by atoms with van der Waals surface area (Å²) in [6.45, 7) is 2.61. The Kier molecular flexibility index (Phi) is 4.11. The summed E-state index contributed by atoms with van der Waals surface area (Å²) in [7, 11) is 0. The minimum Gasteiger partial charge on any atom is -0.475 e. The second-order valence-electron chi connectivity index (χ2n) is 3.49. The highest BCUT2D eigenvalue weighted by Gasteiger charge is 2.38. The molecular weight excluding hydrogens is 241 g/mol. The monoisotopic (exact) mass is 252 g/mol. The molecular formula is C9H11F3N2O3. The van der Waals surface area contributed by atoms with Crippen LogP contribution in [-0.2, 0) is 9.59 Å². The highest BCUT2D eigenvalue weighted by molar-refractivity contribution is 5.97. The SMILES string of the molecule is O=C(O)C(F)(F)F.O=C1NCC2=C1CCNC2. The van der Waals surface area contributed by atoms with E-state index in [0.29, 0.717) is 0 Å². The second kappa shape index (κ2) is 5.17. The number of rotatable bonds is 0. The number of hydrogen-bond donors (Lipinski definition) is 3. The number of carboxylic acids is 1. The summed E-state index contributed by atoms with van der Waals surface area (Å²) >= 11 is 0. The van der Waals surface area contributed by atoms with Crippen molar-refractivity contribution in [1.82, 2.24) is 10.6 Å². The quantitative estimate of drug-likeness (QED) is 0.568. The molecule has 0 atom stereocenters. The van der Waals surface area contributed by atoms with E-state index in [2.05, 4.69) is 10.6 Å². The van der Waals surface area contributed by atoms with E-state index in [-0.39, 0.29) is 5.91 Å². The van der Waals surface area contributed by atoms with Crippen LogP contribution < -0.4 is 10.6 Å². The van der Waals surface area contributed by atoms with Crippen molar-refractivity contribution in [3.8, 4) is 0 Å². The normalized spacial score (nSPS) is 19.1. The number of hydrogen-bond acceptors (Lipinski definition) is 3. The molecule has 2 aliphatic heterocycles. The minimum atomic E-state index is -5.08. The van der Waals surface area contributed by atoms with Crippen LogP contribution in [-0.4, -0.2) is 42.8 Å². The third-order valence-electron chi connectivity index (χ3n) is 2.30. The zero-order chi connectivity index (χ0) is 13.1. The molecule has 3 N–H and O–H groups in total. The molecule has 5 nitrogen and oxygen atoms in total. The van der Waals surface area contributed by atoms with E-state index in [9.17, 15) is 18.0 Å². The Morgan fingerprint density at radius 3 is 2.35 bits per heavy atom. The van der Waals surface area contributed by atoms with Crippen LogP contribution in [0.25, 0.3) is 0 Å². The van der Waals surface area contributed by atoms with E-state index in [4.69, 9.17) is 9.90 Å². The summed E-state index contributed by atoms with van der Waals surface area (Å²) < 4.78 is 31.7. The average Bonchev–Trinajstić information content (AvgIpc) is 2.61.